The largest absolute Gasteiger partial charge is 0.508 e. The van der Waals surface area contributed by atoms with Crippen molar-refractivity contribution in [2.75, 3.05) is 31.6 Å². The lowest BCUT2D eigenvalue weighted by atomic mass is 9.87. The lowest BCUT2D eigenvalue weighted by Crippen LogP contribution is -2.54. The van der Waals surface area contributed by atoms with Crippen molar-refractivity contribution in [3.8, 4) is 5.75 Å². The van der Waals surface area contributed by atoms with Crippen LogP contribution in [0.15, 0.2) is 24.3 Å². The Labute approximate surface area is 118 Å². The van der Waals surface area contributed by atoms with Gasteiger partial charge in [-0.15, -0.1) is 0 Å². The van der Waals surface area contributed by atoms with Gasteiger partial charge < -0.3 is 14.7 Å². The molecule has 0 aliphatic carbocycles. The minimum absolute atomic E-state index is 0.200. The highest BCUT2D eigenvalue weighted by Crippen LogP contribution is 2.35. The molecular weight excluding hydrogens is 256 g/mol. The smallest absolute Gasteiger partial charge is 0.414 e. The molecule has 1 spiro atoms. The number of phenols is 1. The number of hydrogen-bond donors (Lipinski definition) is 1. The SMILES string of the molecule is CN1CCC2(CC1)CCN(c1ccc(O)cc1)C(=O)O2. The lowest BCUT2D eigenvalue weighted by Gasteiger charge is -2.45. The summed E-state index contributed by atoms with van der Waals surface area (Å²) >= 11 is 0. The van der Waals surface area contributed by atoms with Gasteiger partial charge in [0.1, 0.15) is 11.4 Å². The van der Waals surface area contributed by atoms with E-state index in [1.807, 2.05) is 0 Å². The number of phenolic OH excluding ortho intramolecular Hbond substituents is 1. The van der Waals surface area contributed by atoms with Gasteiger partial charge in [0.15, 0.2) is 0 Å². The molecule has 3 rings (SSSR count). The van der Waals surface area contributed by atoms with Crippen LogP contribution in [0.5, 0.6) is 5.75 Å². The Kier molecular flexibility index (Phi) is 3.30. The number of ether oxygens (including phenoxy) is 1. The molecule has 1 aromatic rings. The number of hydrogen-bond acceptors (Lipinski definition) is 4. The third kappa shape index (κ3) is 2.45. The number of carbonyl (C=O) groups excluding carboxylic acids is 1. The summed E-state index contributed by atoms with van der Waals surface area (Å²) in [6.45, 7) is 2.63. The number of rotatable bonds is 1. The van der Waals surface area contributed by atoms with E-state index in [1.165, 1.54) is 0 Å². The van der Waals surface area contributed by atoms with Gasteiger partial charge >= 0.3 is 6.09 Å². The van der Waals surface area contributed by atoms with Gasteiger partial charge in [-0.05, 0) is 31.3 Å². The molecule has 2 heterocycles. The number of likely N-dealkylation sites (tertiary alicyclic amines) is 1. The van der Waals surface area contributed by atoms with Crippen LogP contribution in [0.25, 0.3) is 0 Å². The van der Waals surface area contributed by atoms with E-state index >= 15 is 0 Å². The number of piperidine rings is 1. The summed E-state index contributed by atoms with van der Waals surface area (Å²) in [7, 11) is 2.10. The van der Waals surface area contributed by atoms with E-state index in [-0.39, 0.29) is 17.4 Å². The second-order valence-electron chi connectivity index (χ2n) is 5.77. The van der Waals surface area contributed by atoms with E-state index in [0.29, 0.717) is 6.54 Å². The topological polar surface area (TPSA) is 53.0 Å². The van der Waals surface area contributed by atoms with Gasteiger partial charge in [0.05, 0.1) is 0 Å². The fourth-order valence-electron chi connectivity index (χ4n) is 2.94. The van der Waals surface area contributed by atoms with Crippen LogP contribution >= 0.6 is 0 Å². The van der Waals surface area contributed by atoms with E-state index in [2.05, 4.69) is 11.9 Å². The highest BCUT2D eigenvalue weighted by Gasteiger charge is 2.42. The van der Waals surface area contributed by atoms with Crippen LogP contribution in [0.3, 0.4) is 0 Å². The van der Waals surface area contributed by atoms with E-state index < -0.39 is 0 Å². The van der Waals surface area contributed by atoms with E-state index in [1.54, 1.807) is 29.2 Å². The lowest BCUT2D eigenvalue weighted by molar-refractivity contribution is -0.0444. The predicted molar refractivity (Wildman–Crippen MR) is 76.0 cm³/mol. The zero-order valence-corrected chi connectivity index (χ0v) is 11.7. The summed E-state index contributed by atoms with van der Waals surface area (Å²) in [5.74, 6) is 0.200. The standard InChI is InChI=1S/C15H20N2O3/c1-16-9-6-15(7-10-16)8-11-17(14(19)20-15)12-2-4-13(18)5-3-12/h2-5,18H,6-11H2,1H3. The molecule has 1 aromatic carbocycles. The van der Waals surface area contributed by atoms with Crippen LogP contribution in [0.1, 0.15) is 19.3 Å². The Bertz CT molecular complexity index is 492. The van der Waals surface area contributed by atoms with Crippen molar-refractivity contribution < 1.29 is 14.6 Å². The average Bonchev–Trinajstić information content (AvgIpc) is 2.44. The Balaban J connectivity index is 1.71. The molecule has 2 aliphatic rings. The summed E-state index contributed by atoms with van der Waals surface area (Å²) in [4.78, 5) is 16.2. The van der Waals surface area contributed by atoms with E-state index in [4.69, 9.17) is 4.74 Å². The van der Waals surface area contributed by atoms with Crippen molar-refractivity contribution in [2.45, 2.75) is 24.9 Å². The summed E-state index contributed by atoms with van der Waals surface area (Å²) in [6, 6.07) is 6.65. The van der Waals surface area contributed by atoms with E-state index in [9.17, 15) is 9.90 Å². The maximum Gasteiger partial charge on any atom is 0.414 e. The second-order valence-corrected chi connectivity index (χ2v) is 5.77. The fourth-order valence-corrected chi connectivity index (χ4v) is 2.94. The zero-order chi connectivity index (χ0) is 14.2. The first kappa shape index (κ1) is 13.2. The van der Waals surface area contributed by atoms with Crippen LogP contribution in [0, 0.1) is 0 Å². The van der Waals surface area contributed by atoms with Crippen molar-refractivity contribution in [3.63, 3.8) is 0 Å². The Morgan fingerprint density at radius 1 is 1.10 bits per heavy atom. The summed E-state index contributed by atoms with van der Waals surface area (Å²) in [5.41, 5.74) is 0.507. The van der Waals surface area contributed by atoms with Crippen LogP contribution in [0.2, 0.25) is 0 Å². The number of nitrogens with zero attached hydrogens (tertiary/aromatic N) is 2. The molecule has 0 atom stereocenters. The maximum absolute atomic E-state index is 12.3. The average molecular weight is 276 g/mol. The molecular formula is C15H20N2O3. The number of anilines is 1. The Hall–Kier alpha value is -1.75. The number of aromatic hydroxyl groups is 1. The Morgan fingerprint density at radius 3 is 2.30 bits per heavy atom. The first-order valence-electron chi connectivity index (χ1n) is 7.06. The van der Waals surface area contributed by atoms with Gasteiger partial charge in [-0.3, -0.25) is 4.90 Å². The van der Waals surface area contributed by atoms with Crippen molar-refractivity contribution in [2.24, 2.45) is 0 Å². The minimum atomic E-state index is -0.272. The van der Waals surface area contributed by atoms with Crippen molar-refractivity contribution in [1.82, 2.24) is 4.90 Å². The van der Waals surface area contributed by atoms with Crippen molar-refractivity contribution in [1.29, 1.82) is 0 Å². The molecule has 0 saturated carbocycles. The molecule has 2 aliphatic heterocycles. The highest BCUT2D eigenvalue weighted by atomic mass is 16.6. The first-order chi connectivity index (χ1) is 9.58. The quantitative estimate of drug-likeness (QED) is 0.854. The molecule has 108 valence electrons. The number of carbonyl (C=O) groups is 1. The van der Waals surface area contributed by atoms with Crippen molar-refractivity contribution in [3.05, 3.63) is 24.3 Å². The predicted octanol–water partition coefficient (Wildman–Crippen LogP) is 2.20. The van der Waals surface area contributed by atoms with Crippen LogP contribution in [-0.4, -0.2) is 48.4 Å². The highest BCUT2D eigenvalue weighted by molar-refractivity contribution is 5.88. The first-order valence-corrected chi connectivity index (χ1v) is 7.06. The molecule has 2 fully saturated rings. The summed E-state index contributed by atoms with van der Waals surface area (Å²) < 4.78 is 5.76. The van der Waals surface area contributed by atoms with Gasteiger partial charge in [-0.25, -0.2) is 4.79 Å². The molecule has 1 amide bonds. The second kappa shape index (κ2) is 4.98. The zero-order valence-electron chi connectivity index (χ0n) is 11.7. The van der Waals surface area contributed by atoms with Gasteiger partial charge in [-0.2, -0.15) is 0 Å². The molecule has 5 nitrogen and oxygen atoms in total. The van der Waals surface area contributed by atoms with Crippen molar-refractivity contribution >= 4 is 11.8 Å². The van der Waals surface area contributed by atoms with Gasteiger partial charge in [-0.1, -0.05) is 0 Å². The van der Waals surface area contributed by atoms with Crippen LogP contribution in [0.4, 0.5) is 10.5 Å². The molecule has 2 saturated heterocycles. The Morgan fingerprint density at radius 2 is 1.70 bits per heavy atom. The third-order valence-corrected chi connectivity index (χ3v) is 4.37. The van der Waals surface area contributed by atoms with Gasteiger partial charge in [0, 0.05) is 44.6 Å². The summed E-state index contributed by atoms with van der Waals surface area (Å²) in [6.07, 6.45) is 2.43. The maximum atomic E-state index is 12.3. The summed E-state index contributed by atoms with van der Waals surface area (Å²) in [5, 5.41) is 9.31. The molecule has 0 bridgehead atoms. The minimum Gasteiger partial charge on any atom is -0.508 e. The molecule has 5 heteroatoms. The molecule has 20 heavy (non-hydrogen) atoms. The molecule has 0 aromatic heterocycles. The number of benzene rings is 1. The van der Waals surface area contributed by atoms with Crippen LogP contribution < -0.4 is 4.90 Å². The van der Waals surface area contributed by atoms with Gasteiger partial charge in [0.2, 0.25) is 0 Å². The molecule has 0 unspecified atom stereocenters. The van der Waals surface area contributed by atoms with E-state index in [0.717, 1.165) is 38.0 Å². The normalized spacial score (nSPS) is 22.9. The van der Waals surface area contributed by atoms with Gasteiger partial charge in [0.25, 0.3) is 0 Å². The molecule has 0 radical (unpaired) electrons. The monoisotopic (exact) mass is 276 g/mol. The van der Waals surface area contributed by atoms with Crippen LogP contribution in [-0.2, 0) is 4.74 Å². The fraction of sp³-hybridized carbons (Fsp3) is 0.533. The third-order valence-electron chi connectivity index (χ3n) is 4.37. The molecule has 1 N–H and O–H groups in total. The number of amides is 1.